The summed E-state index contributed by atoms with van der Waals surface area (Å²) in [4.78, 5) is 21.5. The highest BCUT2D eigenvalue weighted by Gasteiger charge is 2.30. The molecular weight excluding hydrogens is 254 g/mol. The molecule has 0 aliphatic carbocycles. The molecule has 1 N–H and O–H groups in total. The fourth-order valence-electron chi connectivity index (χ4n) is 1.86. The molecule has 1 saturated heterocycles. The lowest BCUT2D eigenvalue weighted by Gasteiger charge is -2.33. The van der Waals surface area contributed by atoms with Crippen LogP contribution in [0.5, 0.6) is 5.88 Å². The van der Waals surface area contributed by atoms with Crippen molar-refractivity contribution in [3.63, 3.8) is 0 Å². The van der Waals surface area contributed by atoms with E-state index in [0.717, 1.165) is 5.75 Å². The summed E-state index contributed by atoms with van der Waals surface area (Å²) in [6, 6.07) is 1.14. The second-order valence-electron chi connectivity index (χ2n) is 3.94. The maximum atomic E-state index is 11.2. The number of nitrogens with zero attached hydrogens (tertiary/aromatic N) is 3. The van der Waals surface area contributed by atoms with Crippen molar-refractivity contribution in [3.8, 4) is 5.88 Å². The van der Waals surface area contributed by atoms with Crippen LogP contribution < -0.4 is 9.64 Å². The van der Waals surface area contributed by atoms with Gasteiger partial charge in [-0.2, -0.15) is 16.7 Å². The quantitative estimate of drug-likeness (QED) is 0.869. The molecule has 1 atom stereocenters. The first-order valence-electron chi connectivity index (χ1n) is 5.58. The number of thioether (sulfide) groups is 1. The Morgan fingerprint density at radius 1 is 1.61 bits per heavy atom. The Morgan fingerprint density at radius 2 is 2.39 bits per heavy atom. The van der Waals surface area contributed by atoms with Crippen LogP contribution in [-0.2, 0) is 4.79 Å². The Balaban J connectivity index is 2.33. The molecule has 18 heavy (non-hydrogen) atoms. The molecule has 2 heterocycles. The van der Waals surface area contributed by atoms with Crippen molar-refractivity contribution < 1.29 is 14.6 Å². The summed E-state index contributed by atoms with van der Waals surface area (Å²) < 4.78 is 5.09. The Kier molecular flexibility index (Phi) is 3.90. The van der Waals surface area contributed by atoms with E-state index in [4.69, 9.17) is 4.74 Å². The molecule has 1 aliphatic rings. The Hall–Kier alpha value is -1.50. The molecule has 7 heteroatoms. The van der Waals surface area contributed by atoms with E-state index < -0.39 is 12.0 Å². The van der Waals surface area contributed by atoms with E-state index in [-0.39, 0.29) is 0 Å². The van der Waals surface area contributed by atoms with Crippen molar-refractivity contribution in [2.75, 3.05) is 30.1 Å². The zero-order valence-electron chi connectivity index (χ0n) is 10.3. The number of ether oxygens (including phenoxy) is 1. The van der Waals surface area contributed by atoms with Gasteiger partial charge in [0, 0.05) is 24.1 Å². The van der Waals surface area contributed by atoms with Crippen LogP contribution in [-0.4, -0.2) is 52.2 Å². The third kappa shape index (κ3) is 2.66. The van der Waals surface area contributed by atoms with Gasteiger partial charge in [-0.1, -0.05) is 0 Å². The summed E-state index contributed by atoms with van der Waals surface area (Å²) in [5.41, 5.74) is 0. The van der Waals surface area contributed by atoms with E-state index in [1.54, 1.807) is 29.7 Å². The predicted octanol–water partition coefficient (Wildman–Crippen LogP) is 0.800. The maximum absolute atomic E-state index is 11.2. The average Bonchev–Trinajstić information content (AvgIpc) is 2.38. The van der Waals surface area contributed by atoms with Gasteiger partial charge in [-0.05, 0) is 6.92 Å². The van der Waals surface area contributed by atoms with Crippen LogP contribution in [0.15, 0.2) is 6.07 Å². The molecule has 2 rings (SSSR count). The molecular formula is C11H15N3O3S. The fourth-order valence-corrected chi connectivity index (χ4v) is 2.90. The molecule has 0 radical (unpaired) electrons. The highest BCUT2D eigenvalue weighted by molar-refractivity contribution is 7.99. The standard InChI is InChI=1S/C11H15N3O3S/c1-7-12-9(5-10(13-7)17-2)14-3-4-18-6-8(14)11(15)16/h5,8H,3-4,6H2,1-2H3,(H,15,16). The Bertz CT molecular complexity index is 455. The zero-order chi connectivity index (χ0) is 13.1. The lowest BCUT2D eigenvalue weighted by atomic mass is 10.2. The molecule has 1 aliphatic heterocycles. The van der Waals surface area contributed by atoms with Crippen molar-refractivity contribution in [2.45, 2.75) is 13.0 Å². The molecule has 1 aromatic heterocycles. The number of carboxylic acids is 1. The monoisotopic (exact) mass is 269 g/mol. The summed E-state index contributed by atoms with van der Waals surface area (Å²) in [5, 5.41) is 9.24. The molecule has 1 fully saturated rings. The van der Waals surface area contributed by atoms with E-state index in [1.807, 2.05) is 0 Å². The van der Waals surface area contributed by atoms with Gasteiger partial charge in [0.2, 0.25) is 5.88 Å². The Labute approximate surface area is 109 Å². The third-order valence-electron chi connectivity index (χ3n) is 2.72. The number of carbonyl (C=O) groups is 1. The van der Waals surface area contributed by atoms with Crippen LogP contribution in [0.3, 0.4) is 0 Å². The van der Waals surface area contributed by atoms with Crippen LogP contribution in [0.2, 0.25) is 0 Å². The SMILES string of the molecule is COc1cc(N2CCSCC2C(=O)O)nc(C)n1. The number of aryl methyl sites for hydroxylation is 1. The first-order chi connectivity index (χ1) is 8.61. The van der Waals surface area contributed by atoms with E-state index >= 15 is 0 Å². The summed E-state index contributed by atoms with van der Waals surface area (Å²) in [6.45, 7) is 2.43. The number of rotatable bonds is 3. The minimum atomic E-state index is -0.822. The summed E-state index contributed by atoms with van der Waals surface area (Å²) >= 11 is 1.65. The third-order valence-corrected chi connectivity index (χ3v) is 3.74. The van der Waals surface area contributed by atoms with E-state index in [9.17, 15) is 9.90 Å². The number of hydrogen-bond donors (Lipinski definition) is 1. The van der Waals surface area contributed by atoms with Gasteiger partial charge in [-0.3, -0.25) is 0 Å². The topological polar surface area (TPSA) is 75.5 Å². The lowest BCUT2D eigenvalue weighted by molar-refractivity contribution is -0.138. The molecule has 98 valence electrons. The van der Waals surface area contributed by atoms with Crippen LogP contribution in [0.4, 0.5) is 5.82 Å². The van der Waals surface area contributed by atoms with Gasteiger partial charge in [0.05, 0.1) is 7.11 Å². The van der Waals surface area contributed by atoms with Gasteiger partial charge in [-0.15, -0.1) is 0 Å². The molecule has 1 aromatic rings. The number of methoxy groups -OCH3 is 1. The molecule has 6 nitrogen and oxygen atoms in total. The first kappa shape index (κ1) is 12.9. The van der Waals surface area contributed by atoms with Crippen molar-refractivity contribution in [3.05, 3.63) is 11.9 Å². The number of hydrogen-bond acceptors (Lipinski definition) is 6. The van der Waals surface area contributed by atoms with Crippen LogP contribution in [0.1, 0.15) is 5.82 Å². The van der Waals surface area contributed by atoms with Crippen molar-refractivity contribution >= 4 is 23.5 Å². The van der Waals surface area contributed by atoms with Gasteiger partial charge in [0.15, 0.2) is 0 Å². The van der Waals surface area contributed by atoms with Crippen LogP contribution in [0, 0.1) is 6.92 Å². The van der Waals surface area contributed by atoms with Crippen molar-refractivity contribution in [1.82, 2.24) is 9.97 Å². The first-order valence-corrected chi connectivity index (χ1v) is 6.74. The summed E-state index contributed by atoms with van der Waals surface area (Å²) in [5.74, 6) is 2.30. The highest BCUT2D eigenvalue weighted by atomic mass is 32.2. The number of aliphatic carboxylic acids is 1. The molecule has 1 unspecified atom stereocenters. The molecule has 0 amide bonds. The van der Waals surface area contributed by atoms with E-state index in [1.165, 1.54) is 7.11 Å². The molecule has 0 spiro atoms. The van der Waals surface area contributed by atoms with Gasteiger partial charge >= 0.3 is 5.97 Å². The van der Waals surface area contributed by atoms with Crippen molar-refractivity contribution in [1.29, 1.82) is 0 Å². The second-order valence-corrected chi connectivity index (χ2v) is 5.09. The molecule has 0 bridgehead atoms. The fraction of sp³-hybridized carbons (Fsp3) is 0.545. The minimum Gasteiger partial charge on any atom is -0.481 e. The normalized spacial score (nSPS) is 19.7. The van der Waals surface area contributed by atoms with Gasteiger partial charge in [-0.25, -0.2) is 9.78 Å². The smallest absolute Gasteiger partial charge is 0.327 e. The van der Waals surface area contributed by atoms with Crippen LogP contribution >= 0.6 is 11.8 Å². The minimum absolute atomic E-state index is 0.458. The second kappa shape index (κ2) is 5.43. The molecule has 0 saturated carbocycles. The summed E-state index contributed by atoms with van der Waals surface area (Å²) in [6.07, 6.45) is 0. The van der Waals surface area contributed by atoms with E-state index in [2.05, 4.69) is 9.97 Å². The van der Waals surface area contributed by atoms with Gasteiger partial charge in [0.25, 0.3) is 0 Å². The van der Waals surface area contributed by atoms with Crippen LogP contribution in [0.25, 0.3) is 0 Å². The highest BCUT2D eigenvalue weighted by Crippen LogP contribution is 2.25. The number of aromatic nitrogens is 2. The van der Waals surface area contributed by atoms with Gasteiger partial charge in [0.1, 0.15) is 17.7 Å². The Morgan fingerprint density at radius 3 is 3.06 bits per heavy atom. The van der Waals surface area contributed by atoms with E-state index in [0.29, 0.717) is 29.8 Å². The zero-order valence-corrected chi connectivity index (χ0v) is 11.1. The maximum Gasteiger partial charge on any atom is 0.327 e. The lowest BCUT2D eigenvalue weighted by Crippen LogP contribution is -2.47. The summed E-state index contributed by atoms with van der Waals surface area (Å²) in [7, 11) is 1.53. The van der Waals surface area contributed by atoms with Gasteiger partial charge < -0.3 is 14.7 Å². The van der Waals surface area contributed by atoms with Crippen molar-refractivity contribution in [2.24, 2.45) is 0 Å². The average molecular weight is 269 g/mol. The number of anilines is 1. The number of carboxylic acid groups (broad SMARTS) is 1. The largest absolute Gasteiger partial charge is 0.481 e. The molecule has 0 aromatic carbocycles. The predicted molar refractivity (Wildman–Crippen MR) is 69.4 cm³/mol.